The van der Waals surface area contributed by atoms with Gasteiger partial charge in [-0.1, -0.05) is 12.1 Å². The number of anilines is 1. The van der Waals surface area contributed by atoms with Crippen LogP contribution in [0.3, 0.4) is 0 Å². The van der Waals surface area contributed by atoms with Crippen molar-refractivity contribution in [2.24, 2.45) is 0 Å². The number of para-hydroxylation sites is 1. The van der Waals surface area contributed by atoms with Crippen LogP contribution in [0.1, 0.15) is 40.0 Å². The maximum atomic E-state index is 13.0. The van der Waals surface area contributed by atoms with E-state index in [4.69, 9.17) is 0 Å². The molecule has 2 saturated heterocycles. The average molecular weight is 334 g/mol. The first-order valence-electron chi connectivity index (χ1n) is 8.60. The molecule has 126 valence electrons. The Morgan fingerprint density at radius 2 is 1.92 bits per heavy atom. The van der Waals surface area contributed by atoms with Crippen LogP contribution < -0.4 is 10.6 Å². The highest BCUT2D eigenvalue weighted by Crippen LogP contribution is 2.47. The molecule has 2 fully saturated rings. The van der Waals surface area contributed by atoms with Crippen LogP contribution in [0.4, 0.5) is 5.69 Å². The van der Waals surface area contributed by atoms with E-state index < -0.39 is 5.66 Å². The van der Waals surface area contributed by atoms with Gasteiger partial charge >= 0.3 is 0 Å². The molecule has 2 aromatic rings. The predicted molar refractivity (Wildman–Crippen MR) is 92.1 cm³/mol. The molecule has 1 spiro atoms. The van der Waals surface area contributed by atoms with Crippen LogP contribution in [0.2, 0.25) is 0 Å². The van der Waals surface area contributed by atoms with Gasteiger partial charge in [0, 0.05) is 36.1 Å². The first-order valence-corrected chi connectivity index (χ1v) is 8.60. The quantitative estimate of drug-likeness (QED) is 0.837. The van der Waals surface area contributed by atoms with Crippen LogP contribution in [-0.4, -0.2) is 39.4 Å². The van der Waals surface area contributed by atoms with Crippen LogP contribution in [0.15, 0.2) is 48.8 Å². The molecule has 5 rings (SSSR count). The first-order chi connectivity index (χ1) is 12.2. The Kier molecular flexibility index (Phi) is 2.92. The predicted octanol–water partition coefficient (Wildman–Crippen LogP) is 2.01. The van der Waals surface area contributed by atoms with Crippen molar-refractivity contribution in [3.05, 3.63) is 59.9 Å². The van der Waals surface area contributed by atoms with E-state index >= 15 is 0 Å². The van der Waals surface area contributed by atoms with Gasteiger partial charge in [-0.05, 0) is 37.1 Å². The average Bonchev–Trinajstić information content (AvgIpc) is 3.17. The second-order valence-electron chi connectivity index (χ2n) is 7.00. The van der Waals surface area contributed by atoms with E-state index in [0.717, 1.165) is 24.9 Å². The molecule has 3 aliphatic heterocycles. The molecule has 4 heterocycles. The van der Waals surface area contributed by atoms with Crippen LogP contribution in [0, 0.1) is 0 Å². The minimum Gasteiger partial charge on any atom is -0.360 e. The fourth-order valence-electron chi connectivity index (χ4n) is 4.63. The van der Waals surface area contributed by atoms with Crippen molar-refractivity contribution in [2.75, 3.05) is 5.32 Å². The fraction of sp³-hybridized carbons (Fsp3) is 0.316. The Morgan fingerprint density at radius 1 is 1.12 bits per heavy atom. The molecule has 2 bridgehead atoms. The number of fused-ring (bicyclic) bond motifs is 4. The third kappa shape index (κ3) is 2.00. The summed E-state index contributed by atoms with van der Waals surface area (Å²) < 4.78 is 0. The molecule has 0 saturated carbocycles. The summed E-state index contributed by atoms with van der Waals surface area (Å²) >= 11 is 0. The molecule has 3 aliphatic rings. The second-order valence-corrected chi connectivity index (χ2v) is 7.00. The van der Waals surface area contributed by atoms with Crippen molar-refractivity contribution < 1.29 is 9.59 Å². The number of carbonyl (C=O) groups excluding carboxylic acids is 2. The molecule has 6 nitrogen and oxygen atoms in total. The fourth-order valence-corrected chi connectivity index (χ4v) is 4.63. The van der Waals surface area contributed by atoms with Gasteiger partial charge in [-0.15, -0.1) is 0 Å². The summed E-state index contributed by atoms with van der Waals surface area (Å²) in [7, 11) is 0. The number of carbonyl (C=O) groups is 2. The van der Waals surface area contributed by atoms with Gasteiger partial charge in [-0.2, -0.15) is 0 Å². The molecule has 2 N–H and O–H groups in total. The van der Waals surface area contributed by atoms with Gasteiger partial charge in [0.2, 0.25) is 0 Å². The first kappa shape index (κ1) is 14.5. The Balaban J connectivity index is 1.50. The number of rotatable bonds is 1. The molecular formula is C19H18N4O2. The number of nitrogens with one attached hydrogen (secondary N) is 2. The molecule has 6 heteroatoms. The minimum absolute atomic E-state index is 0.0154. The number of hydrogen-bond donors (Lipinski definition) is 2. The zero-order valence-electron chi connectivity index (χ0n) is 13.6. The second kappa shape index (κ2) is 5.05. The Bertz CT molecular complexity index is 869. The van der Waals surface area contributed by atoms with Crippen molar-refractivity contribution in [1.82, 2.24) is 15.2 Å². The molecule has 2 amide bonds. The summed E-state index contributed by atoms with van der Waals surface area (Å²) in [5.74, 6) is -0.0557. The van der Waals surface area contributed by atoms with E-state index in [1.165, 1.54) is 0 Å². The highest BCUT2D eigenvalue weighted by molar-refractivity contribution is 6.03. The van der Waals surface area contributed by atoms with Crippen LogP contribution in [0.25, 0.3) is 0 Å². The van der Waals surface area contributed by atoms with E-state index in [2.05, 4.69) is 15.6 Å². The normalized spacial score (nSPS) is 29.3. The molecule has 0 aliphatic carbocycles. The number of benzene rings is 1. The molecule has 1 aromatic heterocycles. The summed E-state index contributed by atoms with van der Waals surface area (Å²) in [5, 5.41) is 6.69. The summed E-state index contributed by atoms with van der Waals surface area (Å²) in [4.78, 5) is 31.6. The van der Waals surface area contributed by atoms with Gasteiger partial charge < -0.3 is 15.5 Å². The highest BCUT2D eigenvalue weighted by Gasteiger charge is 2.59. The van der Waals surface area contributed by atoms with Crippen molar-refractivity contribution >= 4 is 17.5 Å². The number of hydrogen-bond acceptors (Lipinski definition) is 4. The Labute approximate surface area is 145 Å². The lowest BCUT2D eigenvalue weighted by molar-refractivity contribution is 0.0691. The van der Waals surface area contributed by atoms with E-state index in [9.17, 15) is 9.59 Å². The summed E-state index contributed by atoms with van der Waals surface area (Å²) in [6, 6.07) is 11.1. The largest absolute Gasteiger partial charge is 0.360 e. The molecule has 0 unspecified atom stereocenters. The van der Waals surface area contributed by atoms with Gasteiger partial charge in [-0.25, -0.2) is 0 Å². The van der Waals surface area contributed by atoms with Gasteiger partial charge in [-0.3, -0.25) is 14.6 Å². The van der Waals surface area contributed by atoms with E-state index in [1.807, 2.05) is 29.2 Å². The third-order valence-electron chi connectivity index (χ3n) is 5.66. The van der Waals surface area contributed by atoms with Crippen LogP contribution in [0.5, 0.6) is 0 Å². The summed E-state index contributed by atoms with van der Waals surface area (Å²) in [6.07, 6.45) is 5.86. The Morgan fingerprint density at radius 3 is 2.76 bits per heavy atom. The van der Waals surface area contributed by atoms with Gasteiger partial charge in [0.15, 0.2) is 0 Å². The number of amides is 2. The number of aromatic nitrogens is 1. The maximum absolute atomic E-state index is 13.0. The monoisotopic (exact) mass is 334 g/mol. The van der Waals surface area contributed by atoms with Crippen molar-refractivity contribution in [2.45, 2.75) is 37.0 Å². The summed E-state index contributed by atoms with van der Waals surface area (Å²) in [6.45, 7) is 0. The number of nitrogens with zero attached hydrogens (tertiary/aromatic N) is 2. The van der Waals surface area contributed by atoms with E-state index in [1.54, 1.807) is 24.5 Å². The lowest BCUT2D eigenvalue weighted by atomic mass is 9.86. The lowest BCUT2D eigenvalue weighted by Crippen LogP contribution is -2.64. The van der Waals surface area contributed by atoms with Crippen molar-refractivity contribution in [1.29, 1.82) is 0 Å². The Hall–Kier alpha value is -2.89. The van der Waals surface area contributed by atoms with Gasteiger partial charge in [0.05, 0.1) is 11.6 Å². The number of pyridine rings is 1. The van der Waals surface area contributed by atoms with Crippen molar-refractivity contribution in [3.8, 4) is 0 Å². The maximum Gasteiger partial charge on any atom is 0.255 e. The van der Waals surface area contributed by atoms with Gasteiger partial charge in [0.25, 0.3) is 11.8 Å². The lowest BCUT2D eigenvalue weighted by Gasteiger charge is -2.43. The zero-order valence-corrected chi connectivity index (χ0v) is 13.6. The smallest absolute Gasteiger partial charge is 0.255 e. The zero-order chi connectivity index (χ0) is 17.0. The standard InChI is InChI=1S/C19H18N4O2/c24-17-14-3-1-2-4-15(14)21-19(22-17)11-13-5-6-16(19)23(13)18(25)12-7-9-20-10-8-12/h1-4,7-10,13,16,21H,5-6,11H2,(H,22,24)/t13-,16-,19+/m1/s1. The highest BCUT2D eigenvalue weighted by atomic mass is 16.2. The molecule has 25 heavy (non-hydrogen) atoms. The molecular weight excluding hydrogens is 316 g/mol. The molecule has 1 aromatic carbocycles. The van der Waals surface area contributed by atoms with Crippen LogP contribution in [-0.2, 0) is 0 Å². The van der Waals surface area contributed by atoms with E-state index in [-0.39, 0.29) is 23.9 Å². The molecule has 3 atom stereocenters. The molecule has 0 radical (unpaired) electrons. The SMILES string of the molecule is O=C1N[C@]2(C[C@H]3CC[C@H]2N3C(=O)c2ccncc2)Nc2ccccc21. The van der Waals surface area contributed by atoms with E-state index in [0.29, 0.717) is 11.1 Å². The minimum atomic E-state index is -0.572. The summed E-state index contributed by atoms with van der Waals surface area (Å²) in [5.41, 5.74) is 1.57. The topological polar surface area (TPSA) is 74.3 Å². The van der Waals surface area contributed by atoms with Gasteiger partial charge in [0.1, 0.15) is 5.66 Å². The van der Waals surface area contributed by atoms with Crippen molar-refractivity contribution in [3.63, 3.8) is 0 Å². The third-order valence-corrected chi connectivity index (χ3v) is 5.66. The van der Waals surface area contributed by atoms with Crippen LogP contribution >= 0.6 is 0 Å².